The van der Waals surface area contributed by atoms with E-state index < -0.39 is 0 Å². The summed E-state index contributed by atoms with van der Waals surface area (Å²) in [5.74, 6) is 1.55. The third-order valence-electron chi connectivity index (χ3n) is 6.71. The van der Waals surface area contributed by atoms with Crippen LogP contribution in [-0.2, 0) is 6.61 Å². The highest BCUT2D eigenvalue weighted by molar-refractivity contribution is 5.60. The third kappa shape index (κ3) is 5.18. The summed E-state index contributed by atoms with van der Waals surface area (Å²) in [6, 6.07) is 34.3. The summed E-state index contributed by atoms with van der Waals surface area (Å²) in [5, 5.41) is 0. The first-order valence-electron chi connectivity index (χ1n) is 12.7. The van der Waals surface area contributed by atoms with Crippen LogP contribution in [0.1, 0.15) is 35.3 Å². The second-order valence-corrected chi connectivity index (χ2v) is 9.35. The van der Waals surface area contributed by atoms with Gasteiger partial charge in [-0.2, -0.15) is 0 Å². The highest BCUT2D eigenvalue weighted by atomic mass is 16.5. The molecule has 4 nitrogen and oxygen atoms in total. The number of hydrogen-bond donors (Lipinski definition) is 0. The fraction of sp³-hybridized carbons (Fsp3) is 0.250. The molecule has 1 aliphatic rings. The van der Waals surface area contributed by atoms with Crippen LogP contribution >= 0.6 is 0 Å². The molecule has 0 aliphatic carbocycles. The van der Waals surface area contributed by atoms with Gasteiger partial charge in [0.05, 0.1) is 6.61 Å². The summed E-state index contributed by atoms with van der Waals surface area (Å²) in [7, 11) is 0. The van der Waals surface area contributed by atoms with Crippen LogP contribution in [0.2, 0.25) is 0 Å². The molecular weight excluding hydrogens is 444 g/mol. The van der Waals surface area contributed by atoms with Crippen LogP contribution in [0.5, 0.6) is 11.5 Å². The lowest BCUT2D eigenvalue weighted by atomic mass is 10.1. The molecular formula is C32H34N2O2. The summed E-state index contributed by atoms with van der Waals surface area (Å²) in [4.78, 5) is 4.96. The van der Waals surface area contributed by atoms with E-state index in [4.69, 9.17) is 9.47 Å². The molecule has 1 heterocycles. The van der Waals surface area contributed by atoms with Gasteiger partial charge in [0.25, 0.3) is 0 Å². The number of aryl methyl sites for hydroxylation is 2. The smallest absolute Gasteiger partial charge is 0.161 e. The number of anilines is 2. The quantitative estimate of drug-likeness (QED) is 0.265. The summed E-state index contributed by atoms with van der Waals surface area (Å²) in [6.45, 7) is 9.25. The summed E-state index contributed by atoms with van der Waals surface area (Å²) >= 11 is 0. The zero-order valence-corrected chi connectivity index (χ0v) is 21.4. The number of benzene rings is 4. The minimum absolute atomic E-state index is 0.0535. The molecule has 1 aliphatic heterocycles. The Kier molecular flexibility index (Phi) is 7.13. The number of rotatable bonds is 8. The molecule has 36 heavy (non-hydrogen) atoms. The van der Waals surface area contributed by atoms with Gasteiger partial charge in [0.1, 0.15) is 12.8 Å². The van der Waals surface area contributed by atoms with Crippen LogP contribution < -0.4 is 19.3 Å². The van der Waals surface area contributed by atoms with Crippen molar-refractivity contribution in [2.45, 2.75) is 33.5 Å². The van der Waals surface area contributed by atoms with Crippen LogP contribution in [0.4, 0.5) is 11.4 Å². The van der Waals surface area contributed by atoms with E-state index >= 15 is 0 Å². The molecule has 0 radical (unpaired) electrons. The van der Waals surface area contributed by atoms with Crippen molar-refractivity contribution >= 4 is 11.4 Å². The first kappa shape index (κ1) is 23.8. The van der Waals surface area contributed by atoms with Crippen molar-refractivity contribution in [3.8, 4) is 11.5 Å². The summed E-state index contributed by atoms with van der Waals surface area (Å²) < 4.78 is 12.3. The lowest BCUT2D eigenvalue weighted by Gasteiger charge is -2.33. The molecule has 4 heteroatoms. The van der Waals surface area contributed by atoms with Crippen molar-refractivity contribution in [3.63, 3.8) is 0 Å². The normalized spacial score (nSPS) is 13.8. The van der Waals surface area contributed by atoms with E-state index in [1.165, 1.54) is 28.1 Å². The van der Waals surface area contributed by atoms with Gasteiger partial charge in [0.2, 0.25) is 0 Å². The lowest BCUT2D eigenvalue weighted by molar-refractivity contribution is 0.269. The minimum atomic E-state index is 0.0535. The molecule has 184 valence electrons. The van der Waals surface area contributed by atoms with E-state index in [0.717, 1.165) is 30.2 Å². The molecule has 1 saturated heterocycles. The van der Waals surface area contributed by atoms with Crippen molar-refractivity contribution < 1.29 is 9.47 Å². The first-order valence-corrected chi connectivity index (χ1v) is 12.7. The van der Waals surface area contributed by atoms with E-state index in [2.05, 4.69) is 103 Å². The third-order valence-corrected chi connectivity index (χ3v) is 6.71. The molecule has 0 aromatic heterocycles. The largest absolute Gasteiger partial charge is 0.490 e. The van der Waals surface area contributed by atoms with Gasteiger partial charge in [0, 0.05) is 24.5 Å². The Labute approximate surface area is 214 Å². The minimum Gasteiger partial charge on any atom is -0.490 e. The molecule has 0 saturated carbocycles. The molecule has 0 spiro atoms. The SMILES string of the molecule is CCOc1cc(C2N(c3ccc(C)cc3)CCN2c2ccc(C)cc2)ccc1OCc1ccccc1. The number of nitrogens with zero attached hydrogens (tertiary/aromatic N) is 2. The fourth-order valence-corrected chi connectivity index (χ4v) is 4.81. The Hall–Kier alpha value is -3.92. The van der Waals surface area contributed by atoms with Crippen molar-refractivity contribution in [2.24, 2.45) is 0 Å². The standard InChI is InChI=1S/C32H34N2O2/c1-4-35-31-22-27(14-19-30(31)36-23-26-8-6-5-7-9-26)32-33(28-15-10-24(2)11-16-28)20-21-34(32)29-17-12-25(3)13-18-29/h5-19,22,32H,4,20-21,23H2,1-3H3. The molecule has 0 atom stereocenters. The zero-order chi connectivity index (χ0) is 24.9. The van der Waals surface area contributed by atoms with Crippen LogP contribution in [0, 0.1) is 13.8 Å². The molecule has 0 unspecified atom stereocenters. The van der Waals surface area contributed by atoms with Crippen LogP contribution in [0.15, 0.2) is 97.1 Å². The van der Waals surface area contributed by atoms with E-state index in [9.17, 15) is 0 Å². The molecule has 0 N–H and O–H groups in total. The van der Waals surface area contributed by atoms with Crippen LogP contribution in [0.3, 0.4) is 0 Å². The molecule has 5 rings (SSSR count). The Morgan fingerprint density at radius 1 is 0.667 bits per heavy atom. The van der Waals surface area contributed by atoms with Gasteiger partial charge in [0.15, 0.2) is 11.5 Å². The van der Waals surface area contributed by atoms with Gasteiger partial charge in [-0.1, -0.05) is 71.8 Å². The zero-order valence-electron chi connectivity index (χ0n) is 21.4. The van der Waals surface area contributed by atoms with Crippen molar-refractivity contribution in [1.29, 1.82) is 0 Å². The second kappa shape index (κ2) is 10.8. The van der Waals surface area contributed by atoms with Gasteiger partial charge < -0.3 is 19.3 Å². The van der Waals surface area contributed by atoms with Crippen molar-refractivity contribution in [2.75, 3.05) is 29.5 Å². The summed E-state index contributed by atoms with van der Waals surface area (Å²) in [5.41, 5.74) is 7.30. The van der Waals surface area contributed by atoms with Crippen LogP contribution in [0.25, 0.3) is 0 Å². The van der Waals surface area contributed by atoms with Crippen molar-refractivity contribution in [3.05, 3.63) is 119 Å². The van der Waals surface area contributed by atoms with Gasteiger partial charge in [-0.3, -0.25) is 0 Å². The van der Waals surface area contributed by atoms with Crippen molar-refractivity contribution in [1.82, 2.24) is 0 Å². The first-order chi connectivity index (χ1) is 17.6. The van der Waals surface area contributed by atoms with E-state index in [1.54, 1.807) is 0 Å². The van der Waals surface area contributed by atoms with Gasteiger partial charge in [-0.15, -0.1) is 0 Å². The number of hydrogen-bond acceptors (Lipinski definition) is 4. The topological polar surface area (TPSA) is 24.9 Å². The lowest BCUT2D eigenvalue weighted by Crippen LogP contribution is -2.31. The predicted octanol–water partition coefficient (Wildman–Crippen LogP) is 7.31. The Morgan fingerprint density at radius 3 is 1.81 bits per heavy atom. The highest BCUT2D eigenvalue weighted by Crippen LogP contribution is 2.41. The summed E-state index contributed by atoms with van der Waals surface area (Å²) in [6.07, 6.45) is 0.0535. The van der Waals surface area contributed by atoms with E-state index in [0.29, 0.717) is 13.2 Å². The van der Waals surface area contributed by atoms with E-state index in [-0.39, 0.29) is 6.17 Å². The van der Waals surface area contributed by atoms with Gasteiger partial charge in [-0.25, -0.2) is 0 Å². The van der Waals surface area contributed by atoms with Gasteiger partial charge >= 0.3 is 0 Å². The second-order valence-electron chi connectivity index (χ2n) is 9.35. The maximum Gasteiger partial charge on any atom is 0.161 e. The van der Waals surface area contributed by atoms with Gasteiger partial charge in [-0.05, 0) is 68.3 Å². The molecule has 0 bridgehead atoms. The Bertz CT molecular complexity index is 1220. The predicted molar refractivity (Wildman–Crippen MR) is 148 cm³/mol. The molecule has 4 aromatic rings. The average Bonchev–Trinajstić information content (AvgIpc) is 3.35. The van der Waals surface area contributed by atoms with E-state index in [1.807, 2.05) is 25.1 Å². The number of ether oxygens (including phenoxy) is 2. The van der Waals surface area contributed by atoms with Crippen LogP contribution in [-0.4, -0.2) is 19.7 Å². The molecule has 1 fully saturated rings. The Morgan fingerprint density at radius 2 is 1.25 bits per heavy atom. The molecule has 4 aromatic carbocycles. The fourth-order valence-electron chi connectivity index (χ4n) is 4.81. The Balaban J connectivity index is 1.50. The average molecular weight is 479 g/mol. The monoisotopic (exact) mass is 478 g/mol. The maximum atomic E-state index is 6.19. The maximum absolute atomic E-state index is 6.19. The highest BCUT2D eigenvalue weighted by Gasteiger charge is 2.34. The molecule has 0 amide bonds.